The largest absolute Gasteiger partial charge is 0.466 e. The van der Waals surface area contributed by atoms with Gasteiger partial charge in [-0.05, 0) is 56.7 Å². The fourth-order valence-corrected chi connectivity index (χ4v) is 6.56. The molecule has 0 aliphatic carbocycles. The molecule has 5 atom stereocenters. The number of carbonyl (C=O) groups is 1. The smallest absolute Gasteiger partial charge is 0.330 e. The van der Waals surface area contributed by atoms with Crippen LogP contribution in [0.3, 0.4) is 0 Å². The van der Waals surface area contributed by atoms with Crippen molar-refractivity contribution in [3.8, 4) is 12.3 Å². The average Bonchev–Trinajstić information content (AvgIpc) is 2.82. The molecule has 0 aromatic heterocycles. The Morgan fingerprint density at radius 1 is 1.19 bits per heavy atom. The van der Waals surface area contributed by atoms with Gasteiger partial charge in [0.2, 0.25) is 0 Å². The zero-order valence-electron chi connectivity index (χ0n) is 24.2. The van der Waals surface area contributed by atoms with Crippen LogP contribution >= 0.6 is 0 Å². The monoisotopic (exact) mass is 518 g/mol. The fraction of sp³-hybridized carbons (Fsp3) is 0.767. The number of ether oxygens (including phenoxy) is 3. The molecule has 36 heavy (non-hydrogen) atoms. The number of rotatable bonds is 9. The molecule has 0 bridgehead atoms. The Balaban J connectivity index is 2.23. The third kappa shape index (κ3) is 7.57. The Hall–Kier alpha value is -1.39. The highest BCUT2D eigenvalue weighted by Gasteiger charge is 2.56. The molecule has 0 saturated carbocycles. The summed E-state index contributed by atoms with van der Waals surface area (Å²) in [5.74, 6) is 2.38. The summed E-state index contributed by atoms with van der Waals surface area (Å²) in [5.41, 5.74) is 0.541. The molecule has 1 spiro atoms. The highest BCUT2D eigenvalue weighted by molar-refractivity contribution is 6.74. The number of methoxy groups -OCH3 is 1. The molecule has 204 valence electrons. The van der Waals surface area contributed by atoms with Gasteiger partial charge in [0.05, 0.1) is 18.8 Å². The van der Waals surface area contributed by atoms with E-state index in [2.05, 4.69) is 64.4 Å². The highest BCUT2D eigenvalue weighted by atomic mass is 28.4. The zero-order chi connectivity index (χ0) is 27.2. The zero-order valence-corrected chi connectivity index (χ0v) is 25.2. The van der Waals surface area contributed by atoms with Gasteiger partial charge in [0.15, 0.2) is 14.1 Å². The standard InChI is InChI=1S/C30H50O5Si/c1-11-13-19-29(35-36(9,10)28(5,6)7)21-22-30(34-26(29)12-2)20-18-24(4)25(33-30)16-14-23(3)15-17-27(31)32-8/h2,14-15,17,24-26H,11,13,16,18-22H2,1,3-10H3/b17-15+,23-14+/t24-,25+,26-,29+,30-/m0/s1. The lowest BCUT2D eigenvalue weighted by atomic mass is 9.79. The van der Waals surface area contributed by atoms with E-state index < -0.39 is 25.8 Å². The molecule has 0 aromatic rings. The molecule has 2 heterocycles. The van der Waals surface area contributed by atoms with Crippen molar-refractivity contribution in [3.63, 3.8) is 0 Å². The summed E-state index contributed by atoms with van der Waals surface area (Å²) in [7, 11) is -0.686. The van der Waals surface area contributed by atoms with E-state index in [4.69, 9.17) is 20.3 Å². The van der Waals surface area contributed by atoms with E-state index >= 15 is 0 Å². The molecule has 0 aromatic carbocycles. The second kappa shape index (κ2) is 12.4. The summed E-state index contributed by atoms with van der Waals surface area (Å²) in [6, 6.07) is 0. The summed E-state index contributed by atoms with van der Waals surface area (Å²) >= 11 is 0. The van der Waals surface area contributed by atoms with E-state index in [1.165, 1.54) is 13.2 Å². The summed E-state index contributed by atoms with van der Waals surface area (Å²) in [4.78, 5) is 11.4. The van der Waals surface area contributed by atoms with Crippen LogP contribution in [0.4, 0.5) is 0 Å². The van der Waals surface area contributed by atoms with Crippen LogP contribution in [0, 0.1) is 18.3 Å². The lowest BCUT2D eigenvalue weighted by Crippen LogP contribution is -2.62. The third-order valence-electron chi connectivity index (χ3n) is 8.45. The normalized spacial score (nSPS) is 32.0. The predicted molar refractivity (Wildman–Crippen MR) is 149 cm³/mol. The molecule has 0 unspecified atom stereocenters. The minimum Gasteiger partial charge on any atom is -0.466 e. The Morgan fingerprint density at radius 2 is 1.89 bits per heavy atom. The van der Waals surface area contributed by atoms with Gasteiger partial charge in [-0.1, -0.05) is 71.1 Å². The van der Waals surface area contributed by atoms with E-state index in [0.29, 0.717) is 5.92 Å². The van der Waals surface area contributed by atoms with Crippen molar-refractivity contribution in [2.75, 3.05) is 7.11 Å². The van der Waals surface area contributed by atoms with Gasteiger partial charge in [-0.15, -0.1) is 6.42 Å². The van der Waals surface area contributed by atoms with Gasteiger partial charge in [-0.2, -0.15) is 0 Å². The first-order valence-corrected chi connectivity index (χ1v) is 16.6. The summed E-state index contributed by atoms with van der Waals surface area (Å²) in [6.45, 7) is 17.8. The van der Waals surface area contributed by atoms with Gasteiger partial charge >= 0.3 is 5.97 Å². The van der Waals surface area contributed by atoms with Crippen LogP contribution in [0.5, 0.6) is 0 Å². The number of carbonyl (C=O) groups excluding carboxylic acids is 1. The average molecular weight is 519 g/mol. The van der Waals surface area contributed by atoms with Crippen molar-refractivity contribution in [2.45, 2.75) is 135 Å². The van der Waals surface area contributed by atoms with Crippen LogP contribution in [0.2, 0.25) is 18.1 Å². The Morgan fingerprint density at radius 3 is 2.47 bits per heavy atom. The molecule has 6 heteroatoms. The molecular weight excluding hydrogens is 468 g/mol. The maximum absolute atomic E-state index is 11.4. The van der Waals surface area contributed by atoms with E-state index in [-0.39, 0.29) is 17.1 Å². The second-order valence-electron chi connectivity index (χ2n) is 12.3. The molecule has 2 aliphatic heterocycles. The van der Waals surface area contributed by atoms with Crippen LogP contribution in [0.15, 0.2) is 23.8 Å². The summed E-state index contributed by atoms with van der Waals surface area (Å²) in [5, 5.41) is 0.0921. The number of esters is 1. The van der Waals surface area contributed by atoms with E-state index in [9.17, 15) is 4.79 Å². The van der Waals surface area contributed by atoms with Crippen LogP contribution in [-0.2, 0) is 23.4 Å². The number of allylic oxidation sites excluding steroid dienone is 2. The van der Waals surface area contributed by atoms with Gasteiger partial charge in [-0.25, -0.2) is 4.79 Å². The lowest BCUT2D eigenvalue weighted by molar-refractivity contribution is -0.340. The number of terminal acetylenes is 1. The van der Waals surface area contributed by atoms with Crippen LogP contribution < -0.4 is 0 Å². The van der Waals surface area contributed by atoms with Crippen LogP contribution in [-0.4, -0.2) is 45.0 Å². The first kappa shape index (κ1) is 30.8. The third-order valence-corrected chi connectivity index (χ3v) is 13.0. The SMILES string of the molecule is C#C[C@@H]1O[C@@]2(CC[C@H](C)[C@@H](C/C=C(C)/C=C/C(=O)OC)O2)CC[C@@]1(CCCC)O[Si](C)(C)C(C)(C)C. The minimum atomic E-state index is -2.07. The lowest BCUT2D eigenvalue weighted by Gasteiger charge is -2.55. The number of hydrogen-bond donors (Lipinski definition) is 0. The molecule has 2 rings (SSSR count). The van der Waals surface area contributed by atoms with E-state index in [0.717, 1.165) is 56.9 Å². The first-order chi connectivity index (χ1) is 16.7. The van der Waals surface area contributed by atoms with Crippen molar-refractivity contribution in [2.24, 2.45) is 5.92 Å². The summed E-state index contributed by atoms with van der Waals surface area (Å²) < 4.78 is 25.3. The molecule has 0 radical (unpaired) electrons. The Labute approximate surface area is 221 Å². The maximum atomic E-state index is 11.4. The molecule has 2 saturated heterocycles. The molecule has 5 nitrogen and oxygen atoms in total. The predicted octanol–water partition coefficient (Wildman–Crippen LogP) is 7.33. The molecule has 2 fully saturated rings. The van der Waals surface area contributed by atoms with Crippen LogP contribution in [0.1, 0.15) is 92.9 Å². The van der Waals surface area contributed by atoms with Crippen molar-refractivity contribution in [1.29, 1.82) is 0 Å². The van der Waals surface area contributed by atoms with Gasteiger partial charge in [-0.3, -0.25) is 0 Å². The van der Waals surface area contributed by atoms with Gasteiger partial charge < -0.3 is 18.6 Å². The molecular formula is C30H50O5Si. The van der Waals surface area contributed by atoms with Crippen molar-refractivity contribution >= 4 is 14.3 Å². The second-order valence-corrected chi connectivity index (χ2v) is 17.0. The van der Waals surface area contributed by atoms with E-state index in [1.807, 2.05) is 6.92 Å². The molecule has 0 N–H and O–H groups in total. The number of unbranched alkanes of at least 4 members (excludes halogenated alkanes) is 1. The van der Waals surface area contributed by atoms with Crippen LogP contribution in [0.25, 0.3) is 0 Å². The minimum absolute atomic E-state index is 0.0307. The van der Waals surface area contributed by atoms with Gasteiger partial charge in [0.1, 0.15) is 6.10 Å². The molecule has 0 amide bonds. The topological polar surface area (TPSA) is 54.0 Å². The maximum Gasteiger partial charge on any atom is 0.330 e. The Bertz CT molecular complexity index is 848. The first-order valence-electron chi connectivity index (χ1n) is 13.7. The Kier molecular flexibility index (Phi) is 10.6. The fourth-order valence-electron chi connectivity index (χ4n) is 4.92. The highest BCUT2D eigenvalue weighted by Crippen LogP contribution is 2.50. The van der Waals surface area contributed by atoms with Crippen molar-refractivity contribution in [1.82, 2.24) is 0 Å². The quantitative estimate of drug-likeness (QED) is 0.105. The molecule has 2 aliphatic rings. The van der Waals surface area contributed by atoms with Gasteiger partial charge in [0.25, 0.3) is 0 Å². The van der Waals surface area contributed by atoms with Crippen molar-refractivity contribution < 1.29 is 23.4 Å². The van der Waals surface area contributed by atoms with Gasteiger partial charge in [0, 0.05) is 18.9 Å². The summed E-state index contributed by atoms with van der Waals surface area (Å²) in [6.07, 6.45) is 18.4. The number of hydrogen-bond acceptors (Lipinski definition) is 5. The van der Waals surface area contributed by atoms with Crippen molar-refractivity contribution in [3.05, 3.63) is 23.8 Å². The van der Waals surface area contributed by atoms with E-state index in [1.54, 1.807) is 6.08 Å².